The molecule has 1 aliphatic carbocycles. The van der Waals surface area contributed by atoms with Gasteiger partial charge in [-0.3, -0.25) is 0 Å². The lowest BCUT2D eigenvalue weighted by atomic mass is 9.83. The van der Waals surface area contributed by atoms with Gasteiger partial charge in [0.05, 0.1) is 4.47 Å². The fourth-order valence-electron chi connectivity index (χ4n) is 3.37. The summed E-state index contributed by atoms with van der Waals surface area (Å²) in [7, 11) is 0. The fraction of sp³-hybridized carbons (Fsp3) is 0.647. The van der Waals surface area contributed by atoms with Gasteiger partial charge in [0.2, 0.25) is 0 Å². The third-order valence-corrected chi connectivity index (χ3v) is 5.67. The van der Waals surface area contributed by atoms with Crippen molar-refractivity contribution in [2.75, 3.05) is 0 Å². The average Bonchev–Trinajstić information content (AvgIpc) is 2.57. The van der Waals surface area contributed by atoms with E-state index in [-0.39, 0.29) is 11.4 Å². The highest BCUT2D eigenvalue weighted by atomic mass is 79.9. The van der Waals surface area contributed by atoms with Crippen LogP contribution in [0.5, 0.6) is 0 Å². The van der Waals surface area contributed by atoms with Gasteiger partial charge in [-0.2, -0.15) is 0 Å². The molecule has 112 valence electrons. The van der Waals surface area contributed by atoms with Crippen LogP contribution in [0.1, 0.15) is 51.5 Å². The normalized spacial score (nSPS) is 27.6. The second-order valence-corrected chi connectivity index (χ2v) is 7.48. The molecule has 0 bridgehead atoms. The average molecular weight is 342 g/mol. The van der Waals surface area contributed by atoms with Crippen molar-refractivity contribution in [3.05, 3.63) is 34.1 Å². The fourth-order valence-corrected chi connectivity index (χ4v) is 3.77. The summed E-state index contributed by atoms with van der Waals surface area (Å²) in [4.78, 5) is 0. The first-order chi connectivity index (χ1) is 9.41. The molecule has 0 aromatic heterocycles. The molecule has 1 saturated carbocycles. The molecule has 0 aliphatic heterocycles. The van der Waals surface area contributed by atoms with Gasteiger partial charge in [-0.25, -0.2) is 4.39 Å². The third-order valence-electron chi connectivity index (χ3n) is 4.78. The van der Waals surface area contributed by atoms with Crippen LogP contribution in [0.15, 0.2) is 22.7 Å². The highest BCUT2D eigenvalue weighted by molar-refractivity contribution is 9.10. The van der Waals surface area contributed by atoms with E-state index in [1.807, 2.05) is 6.07 Å². The minimum absolute atomic E-state index is 0.181. The van der Waals surface area contributed by atoms with Gasteiger partial charge in [-0.1, -0.05) is 38.8 Å². The lowest BCUT2D eigenvalue weighted by molar-refractivity contribution is 0.321. The summed E-state index contributed by atoms with van der Waals surface area (Å²) < 4.78 is 14.2. The maximum absolute atomic E-state index is 13.6. The van der Waals surface area contributed by atoms with E-state index in [1.54, 1.807) is 6.07 Å². The summed E-state index contributed by atoms with van der Waals surface area (Å²) >= 11 is 3.36. The van der Waals surface area contributed by atoms with Crippen LogP contribution in [0, 0.1) is 17.7 Å². The standard InChI is InChI=1S/C17H25BrFN/c1-12(2)13-6-4-9-17(20,10-8-13)11-14-5-3-7-15(19)16(14)18/h3,5,7,12-13H,4,6,8-11,20H2,1-2H3. The van der Waals surface area contributed by atoms with Gasteiger partial charge in [0.25, 0.3) is 0 Å². The predicted octanol–water partition coefficient (Wildman–Crippen LogP) is 5.06. The van der Waals surface area contributed by atoms with E-state index in [0.717, 1.165) is 36.7 Å². The van der Waals surface area contributed by atoms with Crippen molar-refractivity contribution in [1.82, 2.24) is 0 Å². The van der Waals surface area contributed by atoms with Crippen molar-refractivity contribution < 1.29 is 4.39 Å². The molecular weight excluding hydrogens is 317 g/mol. The van der Waals surface area contributed by atoms with Gasteiger partial charge in [0.15, 0.2) is 0 Å². The van der Waals surface area contributed by atoms with E-state index >= 15 is 0 Å². The zero-order chi connectivity index (χ0) is 14.8. The molecule has 1 nitrogen and oxygen atoms in total. The van der Waals surface area contributed by atoms with Crippen LogP contribution in [0.25, 0.3) is 0 Å². The zero-order valence-corrected chi connectivity index (χ0v) is 14.0. The Morgan fingerprint density at radius 3 is 2.80 bits per heavy atom. The smallest absolute Gasteiger partial charge is 0.137 e. The van der Waals surface area contributed by atoms with E-state index in [2.05, 4.69) is 29.8 Å². The molecule has 0 amide bonds. The maximum atomic E-state index is 13.6. The summed E-state index contributed by atoms with van der Waals surface area (Å²) in [6, 6.07) is 5.23. The van der Waals surface area contributed by atoms with Crippen molar-refractivity contribution in [3.63, 3.8) is 0 Å². The van der Waals surface area contributed by atoms with Gasteiger partial charge in [-0.15, -0.1) is 0 Å². The second-order valence-electron chi connectivity index (χ2n) is 6.69. The van der Waals surface area contributed by atoms with Crippen molar-refractivity contribution in [1.29, 1.82) is 0 Å². The number of hydrogen-bond acceptors (Lipinski definition) is 1. The van der Waals surface area contributed by atoms with E-state index in [1.165, 1.54) is 25.3 Å². The Bertz CT molecular complexity index is 460. The molecule has 2 rings (SSSR count). The van der Waals surface area contributed by atoms with Crippen LogP contribution >= 0.6 is 15.9 Å². The molecule has 1 fully saturated rings. The quantitative estimate of drug-likeness (QED) is 0.763. The topological polar surface area (TPSA) is 26.0 Å². The van der Waals surface area contributed by atoms with E-state index in [9.17, 15) is 4.39 Å². The molecule has 1 aliphatic rings. The molecule has 0 saturated heterocycles. The van der Waals surface area contributed by atoms with Gasteiger partial charge in [0, 0.05) is 5.54 Å². The molecule has 2 N–H and O–H groups in total. The lowest BCUT2D eigenvalue weighted by Gasteiger charge is -2.29. The number of nitrogens with two attached hydrogens (primary N) is 1. The van der Waals surface area contributed by atoms with Crippen LogP contribution < -0.4 is 5.73 Å². The van der Waals surface area contributed by atoms with Crippen molar-refractivity contribution in [2.24, 2.45) is 17.6 Å². The van der Waals surface area contributed by atoms with Crippen LogP contribution in [0.2, 0.25) is 0 Å². The van der Waals surface area contributed by atoms with Crippen LogP contribution in [0.4, 0.5) is 4.39 Å². The van der Waals surface area contributed by atoms with Gasteiger partial charge in [0.1, 0.15) is 5.82 Å². The molecule has 0 heterocycles. The molecule has 3 heteroatoms. The molecule has 2 unspecified atom stereocenters. The van der Waals surface area contributed by atoms with Crippen molar-refractivity contribution >= 4 is 15.9 Å². The second kappa shape index (κ2) is 6.57. The van der Waals surface area contributed by atoms with E-state index < -0.39 is 0 Å². The van der Waals surface area contributed by atoms with Crippen molar-refractivity contribution in [2.45, 2.75) is 57.9 Å². The van der Waals surface area contributed by atoms with Gasteiger partial charge >= 0.3 is 0 Å². The largest absolute Gasteiger partial charge is 0.325 e. The summed E-state index contributed by atoms with van der Waals surface area (Å²) in [6.45, 7) is 4.61. The third kappa shape index (κ3) is 3.82. The Kier molecular flexibility index (Phi) is 5.25. The van der Waals surface area contributed by atoms with Gasteiger partial charge in [-0.05, 0) is 65.1 Å². The van der Waals surface area contributed by atoms with Crippen LogP contribution in [-0.4, -0.2) is 5.54 Å². The minimum atomic E-state index is -0.195. The summed E-state index contributed by atoms with van der Waals surface area (Å²) in [5.74, 6) is 1.33. The Balaban J connectivity index is 2.09. The highest BCUT2D eigenvalue weighted by Crippen LogP contribution is 2.35. The first-order valence-electron chi connectivity index (χ1n) is 7.63. The first-order valence-corrected chi connectivity index (χ1v) is 8.42. The summed E-state index contributed by atoms with van der Waals surface area (Å²) in [5.41, 5.74) is 7.44. The lowest BCUT2D eigenvalue weighted by Crippen LogP contribution is -2.41. The Hall–Kier alpha value is -0.410. The van der Waals surface area contributed by atoms with E-state index in [4.69, 9.17) is 5.73 Å². The molecule has 1 aromatic carbocycles. The molecule has 0 spiro atoms. The molecule has 0 radical (unpaired) electrons. The van der Waals surface area contributed by atoms with Crippen LogP contribution in [0.3, 0.4) is 0 Å². The highest BCUT2D eigenvalue weighted by Gasteiger charge is 2.31. The Labute approximate surface area is 130 Å². The number of rotatable bonds is 3. The van der Waals surface area contributed by atoms with Crippen molar-refractivity contribution in [3.8, 4) is 0 Å². The molecule has 1 aromatic rings. The Morgan fingerprint density at radius 1 is 1.35 bits per heavy atom. The monoisotopic (exact) mass is 341 g/mol. The number of benzene rings is 1. The SMILES string of the molecule is CC(C)C1CCCC(N)(Cc2cccc(F)c2Br)CC1. The zero-order valence-electron chi connectivity index (χ0n) is 12.5. The minimum Gasteiger partial charge on any atom is -0.325 e. The predicted molar refractivity (Wildman–Crippen MR) is 86.1 cm³/mol. The Morgan fingerprint density at radius 2 is 2.10 bits per heavy atom. The number of hydrogen-bond donors (Lipinski definition) is 1. The maximum Gasteiger partial charge on any atom is 0.137 e. The first kappa shape index (κ1) is 16.0. The number of halogens is 2. The van der Waals surface area contributed by atoms with Crippen LogP contribution in [-0.2, 0) is 6.42 Å². The molecule has 2 atom stereocenters. The van der Waals surface area contributed by atoms with E-state index in [0.29, 0.717) is 4.47 Å². The summed E-state index contributed by atoms with van der Waals surface area (Å²) in [5, 5.41) is 0. The van der Waals surface area contributed by atoms with Gasteiger partial charge < -0.3 is 5.73 Å². The molecule has 20 heavy (non-hydrogen) atoms. The summed E-state index contributed by atoms with van der Waals surface area (Å²) in [6.07, 6.45) is 6.50. The molecular formula is C17H25BrFN.